The molecule has 0 aliphatic carbocycles. The van der Waals surface area contributed by atoms with Crippen LogP contribution in [0.5, 0.6) is 0 Å². The number of carbonyl (C=O) groups is 1. The van der Waals surface area contributed by atoms with Crippen molar-refractivity contribution in [1.82, 2.24) is 14.8 Å². The van der Waals surface area contributed by atoms with Crippen LogP contribution in [0.3, 0.4) is 0 Å². The Bertz CT molecular complexity index is 1510. The average Bonchev–Trinajstić information content (AvgIpc) is 3.41. The molecule has 3 aromatic heterocycles. The van der Waals surface area contributed by atoms with Gasteiger partial charge in [-0.3, -0.25) is 9.59 Å². The fraction of sp³-hybridized carbons (Fsp3) is 0.0833. The highest BCUT2D eigenvalue weighted by Crippen LogP contribution is 2.27. The van der Waals surface area contributed by atoms with E-state index in [-0.39, 0.29) is 11.2 Å². The van der Waals surface area contributed by atoms with E-state index in [4.69, 9.17) is 4.42 Å². The Morgan fingerprint density at radius 1 is 1.06 bits per heavy atom. The summed E-state index contributed by atoms with van der Waals surface area (Å²) in [6.45, 7) is 3.87. The molecule has 7 nitrogen and oxygen atoms in total. The number of benzene rings is 2. The topological polar surface area (TPSA) is 90.0 Å². The highest BCUT2D eigenvalue weighted by molar-refractivity contribution is 7.12. The molecule has 0 unspecified atom stereocenters. The number of aromatic nitrogens is 3. The standard InChI is InChI=1S/C24H18N4O3S/c1-14-7-9-16(10-8-14)18-13-32-24(25-18)28-22(11-15(2)27-28)26-23(30)21-12-19(29)17-5-3-4-6-20(17)31-21/h3-13H,1-2H3,(H,26,30). The highest BCUT2D eigenvalue weighted by Gasteiger charge is 2.18. The number of nitrogens with zero attached hydrogens (tertiary/aromatic N) is 3. The van der Waals surface area contributed by atoms with E-state index in [0.717, 1.165) is 11.3 Å². The van der Waals surface area contributed by atoms with Gasteiger partial charge in [0.05, 0.1) is 16.8 Å². The lowest BCUT2D eigenvalue weighted by molar-refractivity contribution is 0.0996. The SMILES string of the molecule is Cc1ccc(-c2csc(-n3nc(C)cc3NC(=O)c3cc(=O)c4ccccc4o3)n2)cc1. The van der Waals surface area contributed by atoms with Crippen molar-refractivity contribution in [3.05, 3.63) is 93.3 Å². The number of nitrogens with one attached hydrogen (secondary N) is 1. The number of carbonyl (C=O) groups excluding carboxylic acids is 1. The van der Waals surface area contributed by atoms with Gasteiger partial charge in [-0.15, -0.1) is 11.3 Å². The minimum Gasteiger partial charge on any atom is -0.451 e. The smallest absolute Gasteiger partial charge is 0.292 e. The van der Waals surface area contributed by atoms with Crippen molar-refractivity contribution in [2.24, 2.45) is 0 Å². The van der Waals surface area contributed by atoms with Crippen molar-refractivity contribution in [1.29, 1.82) is 0 Å². The van der Waals surface area contributed by atoms with Gasteiger partial charge in [-0.1, -0.05) is 42.0 Å². The van der Waals surface area contributed by atoms with Crippen LogP contribution in [0.25, 0.3) is 27.4 Å². The maximum Gasteiger partial charge on any atom is 0.292 e. The van der Waals surface area contributed by atoms with Crippen LogP contribution in [-0.2, 0) is 0 Å². The number of para-hydroxylation sites is 1. The second-order valence-corrected chi connectivity index (χ2v) is 8.23. The minimum atomic E-state index is -0.538. The van der Waals surface area contributed by atoms with Crippen LogP contribution in [-0.4, -0.2) is 20.7 Å². The molecule has 0 saturated carbocycles. The van der Waals surface area contributed by atoms with Crippen molar-refractivity contribution in [2.45, 2.75) is 13.8 Å². The first-order valence-electron chi connectivity index (χ1n) is 9.92. The minimum absolute atomic E-state index is 0.0708. The van der Waals surface area contributed by atoms with Crippen molar-refractivity contribution < 1.29 is 9.21 Å². The summed E-state index contributed by atoms with van der Waals surface area (Å²) in [7, 11) is 0. The molecule has 5 aromatic rings. The third-order valence-corrected chi connectivity index (χ3v) is 5.77. The predicted octanol–water partition coefficient (Wildman–Crippen LogP) is 4.97. The molecule has 1 N–H and O–H groups in total. The van der Waals surface area contributed by atoms with Crippen molar-refractivity contribution in [2.75, 3.05) is 5.32 Å². The Balaban J connectivity index is 1.46. The van der Waals surface area contributed by atoms with Crippen molar-refractivity contribution in [3.63, 3.8) is 0 Å². The van der Waals surface area contributed by atoms with Crippen molar-refractivity contribution >= 4 is 34.0 Å². The Hall–Kier alpha value is -4.04. The second-order valence-electron chi connectivity index (χ2n) is 7.39. The van der Waals surface area contributed by atoms with Gasteiger partial charge in [0.1, 0.15) is 11.4 Å². The van der Waals surface area contributed by atoms with Crippen LogP contribution in [0.2, 0.25) is 0 Å². The zero-order chi connectivity index (χ0) is 22.2. The molecular weight excluding hydrogens is 424 g/mol. The van der Waals surface area contributed by atoms with Gasteiger partial charge in [-0.05, 0) is 26.0 Å². The molecule has 8 heteroatoms. The summed E-state index contributed by atoms with van der Waals surface area (Å²) < 4.78 is 7.22. The fourth-order valence-corrected chi connectivity index (χ4v) is 4.14. The Morgan fingerprint density at radius 2 is 1.84 bits per heavy atom. The van der Waals surface area contributed by atoms with Gasteiger partial charge in [-0.25, -0.2) is 4.98 Å². The van der Waals surface area contributed by atoms with Gasteiger partial charge in [-0.2, -0.15) is 9.78 Å². The van der Waals surface area contributed by atoms with Crippen LogP contribution in [0.15, 0.2) is 75.3 Å². The van der Waals surface area contributed by atoms with Gasteiger partial charge in [0.2, 0.25) is 5.13 Å². The van der Waals surface area contributed by atoms with E-state index in [2.05, 4.69) is 15.4 Å². The van der Waals surface area contributed by atoms with Crippen LogP contribution in [0.1, 0.15) is 21.8 Å². The Kier molecular flexibility index (Phi) is 4.91. The molecular formula is C24H18N4O3S. The number of hydrogen-bond acceptors (Lipinski definition) is 6. The van der Waals surface area contributed by atoms with E-state index >= 15 is 0 Å². The van der Waals surface area contributed by atoms with Crippen LogP contribution in [0, 0.1) is 13.8 Å². The molecule has 0 atom stereocenters. The molecule has 0 fully saturated rings. The maximum atomic E-state index is 12.9. The first-order chi connectivity index (χ1) is 15.5. The lowest BCUT2D eigenvalue weighted by atomic mass is 10.1. The summed E-state index contributed by atoms with van der Waals surface area (Å²) in [5.41, 5.74) is 3.81. The summed E-state index contributed by atoms with van der Waals surface area (Å²) in [4.78, 5) is 29.9. The van der Waals surface area contributed by atoms with E-state index in [1.165, 1.54) is 23.0 Å². The number of aryl methyl sites for hydroxylation is 2. The largest absolute Gasteiger partial charge is 0.451 e. The van der Waals surface area contributed by atoms with Crippen molar-refractivity contribution in [3.8, 4) is 16.4 Å². The lowest BCUT2D eigenvalue weighted by Gasteiger charge is -2.06. The van der Waals surface area contributed by atoms with E-state index in [1.54, 1.807) is 35.0 Å². The van der Waals surface area contributed by atoms with E-state index in [0.29, 0.717) is 27.6 Å². The number of amides is 1. The quantitative estimate of drug-likeness (QED) is 0.424. The molecule has 0 aliphatic rings. The fourth-order valence-electron chi connectivity index (χ4n) is 3.35. The number of anilines is 1. The summed E-state index contributed by atoms with van der Waals surface area (Å²) in [5, 5.41) is 10.3. The summed E-state index contributed by atoms with van der Waals surface area (Å²) in [6.07, 6.45) is 0. The molecule has 5 rings (SSSR count). The molecule has 0 aliphatic heterocycles. The molecule has 158 valence electrons. The summed E-state index contributed by atoms with van der Waals surface area (Å²) >= 11 is 1.42. The molecule has 32 heavy (non-hydrogen) atoms. The normalized spacial score (nSPS) is 11.1. The van der Waals surface area contributed by atoms with E-state index < -0.39 is 5.91 Å². The zero-order valence-electron chi connectivity index (χ0n) is 17.3. The molecule has 0 spiro atoms. The summed E-state index contributed by atoms with van der Waals surface area (Å²) in [6, 6.07) is 17.9. The molecule has 3 heterocycles. The number of fused-ring (bicyclic) bond motifs is 1. The molecule has 1 amide bonds. The van der Waals surface area contributed by atoms with Gasteiger partial charge < -0.3 is 9.73 Å². The van der Waals surface area contributed by atoms with Gasteiger partial charge in [0.15, 0.2) is 11.2 Å². The van der Waals surface area contributed by atoms with Crippen LogP contribution in [0.4, 0.5) is 5.82 Å². The zero-order valence-corrected chi connectivity index (χ0v) is 18.1. The third kappa shape index (κ3) is 3.72. The maximum absolute atomic E-state index is 12.9. The molecule has 0 radical (unpaired) electrons. The van der Waals surface area contributed by atoms with Crippen LogP contribution >= 0.6 is 11.3 Å². The predicted molar refractivity (Wildman–Crippen MR) is 125 cm³/mol. The van der Waals surface area contributed by atoms with Gasteiger partial charge in [0.25, 0.3) is 5.91 Å². The van der Waals surface area contributed by atoms with E-state index in [9.17, 15) is 9.59 Å². The first kappa shape index (κ1) is 19.9. The monoisotopic (exact) mass is 442 g/mol. The molecule has 2 aromatic carbocycles. The van der Waals surface area contributed by atoms with E-state index in [1.807, 2.05) is 43.5 Å². The van der Waals surface area contributed by atoms with Crippen LogP contribution < -0.4 is 10.7 Å². The Morgan fingerprint density at radius 3 is 2.66 bits per heavy atom. The molecule has 0 saturated heterocycles. The summed E-state index contributed by atoms with van der Waals surface area (Å²) in [5.74, 6) is -0.170. The highest BCUT2D eigenvalue weighted by atomic mass is 32.1. The molecule has 0 bridgehead atoms. The number of thiazole rings is 1. The lowest BCUT2D eigenvalue weighted by Crippen LogP contribution is -2.17. The third-order valence-electron chi connectivity index (χ3n) is 4.95. The average molecular weight is 443 g/mol. The first-order valence-corrected chi connectivity index (χ1v) is 10.8. The number of rotatable bonds is 4. The van der Waals surface area contributed by atoms with Gasteiger partial charge in [0, 0.05) is 23.1 Å². The Labute approximate surface area is 187 Å². The van der Waals surface area contributed by atoms with Gasteiger partial charge >= 0.3 is 0 Å². The second kappa shape index (κ2) is 7.90. The number of hydrogen-bond donors (Lipinski definition) is 1.